The van der Waals surface area contributed by atoms with Crippen molar-refractivity contribution in [2.24, 2.45) is 0 Å². The summed E-state index contributed by atoms with van der Waals surface area (Å²) in [7, 11) is 0. The molecule has 0 spiro atoms. The molecule has 2 nitrogen and oxygen atoms in total. The zero-order chi connectivity index (χ0) is 35.9. The molecule has 0 aliphatic rings. The second kappa shape index (κ2) is 13.4. The third-order valence-corrected chi connectivity index (χ3v) is 9.76. The fourth-order valence-electron chi connectivity index (χ4n) is 6.12. The third kappa shape index (κ3) is 8.08. The van der Waals surface area contributed by atoms with Crippen molar-refractivity contribution in [3.8, 4) is 0 Å². The van der Waals surface area contributed by atoms with Crippen molar-refractivity contribution >= 4 is 45.7 Å². The van der Waals surface area contributed by atoms with Crippen molar-refractivity contribution in [2.75, 3.05) is 9.80 Å². The monoisotopic (exact) mass is 670 g/mol. The molecule has 256 valence electrons. The molecule has 49 heavy (non-hydrogen) atoms. The zero-order valence-corrected chi connectivity index (χ0v) is 32.5. The highest BCUT2D eigenvalue weighted by atomic mass is 35.5. The highest BCUT2D eigenvalue weighted by Crippen LogP contribution is 2.49. The van der Waals surface area contributed by atoms with Gasteiger partial charge in [0.1, 0.15) is 0 Å². The van der Waals surface area contributed by atoms with Crippen LogP contribution in [0.1, 0.15) is 105 Å². The lowest BCUT2D eigenvalue weighted by Crippen LogP contribution is -2.19. The summed E-state index contributed by atoms with van der Waals surface area (Å²) >= 11 is 7.75. The van der Waals surface area contributed by atoms with E-state index in [1.807, 2.05) is 0 Å². The van der Waals surface area contributed by atoms with Gasteiger partial charge in [-0.05, 0) is 105 Å². The molecule has 0 atom stereocenters. The Labute approximate surface area is 301 Å². The Morgan fingerprint density at radius 3 is 0.878 bits per heavy atom. The number of nitrogens with zero attached hydrogens (tertiary/aromatic N) is 2. The van der Waals surface area contributed by atoms with E-state index in [0.29, 0.717) is 5.02 Å². The molecule has 5 aromatic rings. The van der Waals surface area contributed by atoms with E-state index < -0.39 is 0 Å². The van der Waals surface area contributed by atoms with Gasteiger partial charge >= 0.3 is 0 Å². The second-order valence-electron chi connectivity index (χ2n) is 17.5. The number of anilines is 6. The lowest BCUT2D eigenvalue weighted by molar-refractivity contribution is 0.589. The molecular weight excluding hydrogens is 616 g/mol. The molecule has 0 bridgehead atoms. The van der Waals surface area contributed by atoms with Crippen LogP contribution in [0.3, 0.4) is 0 Å². The molecule has 5 aromatic carbocycles. The van der Waals surface area contributed by atoms with Crippen molar-refractivity contribution in [2.45, 2.75) is 105 Å². The van der Waals surface area contributed by atoms with E-state index in [0.717, 1.165) is 34.1 Å². The maximum atomic E-state index is 7.75. The Hall–Kier alpha value is -4.01. The Morgan fingerprint density at radius 2 is 0.612 bits per heavy atom. The maximum absolute atomic E-state index is 7.75. The van der Waals surface area contributed by atoms with Gasteiger partial charge in [-0.2, -0.15) is 0 Å². The molecule has 5 rings (SSSR count). The fraction of sp³-hybridized carbons (Fsp3) is 0.348. The van der Waals surface area contributed by atoms with Gasteiger partial charge in [0.2, 0.25) is 0 Å². The minimum Gasteiger partial charge on any atom is -0.309 e. The van der Waals surface area contributed by atoms with Gasteiger partial charge in [0, 0.05) is 22.7 Å². The first-order valence-electron chi connectivity index (χ1n) is 17.6. The average molecular weight is 671 g/mol. The molecule has 0 N–H and O–H groups in total. The van der Waals surface area contributed by atoms with Crippen LogP contribution in [0.15, 0.2) is 115 Å². The summed E-state index contributed by atoms with van der Waals surface area (Å²) in [5.74, 6) is 0. The van der Waals surface area contributed by atoms with Crippen LogP contribution in [0, 0.1) is 0 Å². The summed E-state index contributed by atoms with van der Waals surface area (Å²) in [5.41, 5.74) is 11.3. The van der Waals surface area contributed by atoms with E-state index in [1.54, 1.807) is 0 Å². The molecule has 0 heterocycles. The molecule has 0 unspecified atom stereocenters. The summed E-state index contributed by atoms with van der Waals surface area (Å²) in [6.45, 7) is 27.1. The van der Waals surface area contributed by atoms with Crippen LogP contribution in [0.25, 0.3) is 0 Å². The Morgan fingerprint density at radius 1 is 0.347 bits per heavy atom. The minimum atomic E-state index is -0.135. The molecule has 0 aliphatic heterocycles. The van der Waals surface area contributed by atoms with E-state index in [1.165, 1.54) is 22.3 Å². The largest absolute Gasteiger partial charge is 0.309 e. The molecule has 0 radical (unpaired) electrons. The number of halogens is 1. The van der Waals surface area contributed by atoms with Crippen LogP contribution in [0.5, 0.6) is 0 Å². The normalized spacial score (nSPS) is 12.6. The van der Waals surface area contributed by atoms with E-state index in [2.05, 4.69) is 208 Å². The van der Waals surface area contributed by atoms with Crippen molar-refractivity contribution in [1.29, 1.82) is 0 Å². The average Bonchev–Trinajstić information content (AvgIpc) is 3.02. The predicted octanol–water partition coefficient (Wildman–Crippen LogP) is 14.5. The van der Waals surface area contributed by atoms with Crippen LogP contribution >= 0.6 is 11.6 Å². The molecule has 0 fully saturated rings. The van der Waals surface area contributed by atoms with E-state index in [9.17, 15) is 0 Å². The minimum absolute atomic E-state index is 0.0490. The van der Waals surface area contributed by atoms with Crippen LogP contribution in [-0.2, 0) is 21.7 Å². The number of rotatable bonds is 6. The number of benzene rings is 5. The van der Waals surface area contributed by atoms with Crippen LogP contribution in [0.4, 0.5) is 34.1 Å². The topological polar surface area (TPSA) is 6.48 Å². The fourth-order valence-corrected chi connectivity index (χ4v) is 6.39. The van der Waals surface area contributed by atoms with Gasteiger partial charge in [-0.1, -0.05) is 149 Å². The van der Waals surface area contributed by atoms with E-state index in [-0.39, 0.29) is 21.7 Å². The van der Waals surface area contributed by atoms with Crippen molar-refractivity contribution in [1.82, 2.24) is 0 Å². The summed E-state index contributed by atoms with van der Waals surface area (Å²) in [5, 5.41) is 0.691. The molecule has 0 aliphatic carbocycles. The van der Waals surface area contributed by atoms with Crippen molar-refractivity contribution in [3.05, 3.63) is 143 Å². The van der Waals surface area contributed by atoms with Crippen LogP contribution < -0.4 is 9.80 Å². The summed E-state index contributed by atoms with van der Waals surface area (Å²) in [6, 6.07) is 42.0. The van der Waals surface area contributed by atoms with Gasteiger partial charge in [0.15, 0.2) is 0 Å². The standard InChI is InChI=1S/C46H55ClN2/c1-43(2,3)32-18-24-37(25-19-32)48(36-16-14-13-15-17-36)40-30-35(46(10,11)12)31-41(42(40)47)49(38-26-20-33(21-27-38)44(4,5)6)39-28-22-34(23-29-39)45(7,8)9/h13-31H,1-12H3. The first kappa shape index (κ1) is 36.3. The van der Waals surface area contributed by atoms with Gasteiger partial charge in [0.05, 0.1) is 16.4 Å². The number of para-hydroxylation sites is 1. The summed E-state index contributed by atoms with van der Waals surface area (Å²) in [4.78, 5) is 4.63. The number of hydrogen-bond acceptors (Lipinski definition) is 2. The quantitative estimate of drug-likeness (QED) is 0.177. The molecule has 0 amide bonds. The SMILES string of the molecule is CC(C)(C)c1ccc(N(c2ccccc2)c2cc(C(C)(C)C)cc(N(c3ccc(C(C)(C)C)cc3)c3ccc(C(C)(C)C)cc3)c2Cl)cc1. The second-order valence-corrected chi connectivity index (χ2v) is 17.9. The smallest absolute Gasteiger partial charge is 0.0887 e. The van der Waals surface area contributed by atoms with E-state index >= 15 is 0 Å². The molecule has 0 saturated carbocycles. The Kier molecular flexibility index (Phi) is 9.90. The molecule has 3 heteroatoms. The van der Waals surface area contributed by atoms with Gasteiger partial charge in [-0.25, -0.2) is 0 Å². The molecular formula is C46H55ClN2. The van der Waals surface area contributed by atoms with Gasteiger partial charge in [-0.15, -0.1) is 0 Å². The molecule has 0 saturated heterocycles. The van der Waals surface area contributed by atoms with Crippen LogP contribution in [-0.4, -0.2) is 0 Å². The first-order chi connectivity index (χ1) is 22.7. The third-order valence-electron chi connectivity index (χ3n) is 9.37. The van der Waals surface area contributed by atoms with Crippen molar-refractivity contribution < 1.29 is 0 Å². The first-order valence-corrected chi connectivity index (χ1v) is 17.9. The summed E-state index contributed by atoms with van der Waals surface area (Å²) < 4.78 is 0. The highest BCUT2D eigenvalue weighted by Gasteiger charge is 2.28. The summed E-state index contributed by atoms with van der Waals surface area (Å²) in [6.07, 6.45) is 0. The van der Waals surface area contributed by atoms with Crippen LogP contribution in [0.2, 0.25) is 5.02 Å². The lowest BCUT2D eigenvalue weighted by Gasteiger charge is -2.34. The predicted molar refractivity (Wildman–Crippen MR) is 216 cm³/mol. The lowest BCUT2D eigenvalue weighted by atomic mass is 9.85. The van der Waals surface area contributed by atoms with Crippen molar-refractivity contribution in [3.63, 3.8) is 0 Å². The number of hydrogen-bond donors (Lipinski definition) is 0. The maximum Gasteiger partial charge on any atom is 0.0887 e. The Bertz CT molecular complexity index is 1800. The van der Waals surface area contributed by atoms with E-state index in [4.69, 9.17) is 11.6 Å². The molecule has 0 aromatic heterocycles. The zero-order valence-electron chi connectivity index (χ0n) is 31.7. The Balaban J connectivity index is 1.80. The van der Waals surface area contributed by atoms with Gasteiger partial charge in [-0.3, -0.25) is 0 Å². The highest BCUT2D eigenvalue weighted by molar-refractivity contribution is 6.36. The van der Waals surface area contributed by atoms with Gasteiger partial charge in [0.25, 0.3) is 0 Å². The van der Waals surface area contributed by atoms with Gasteiger partial charge < -0.3 is 9.80 Å².